The van der Waals surface area contributed by atoms with Gasteiger partial charge in [-0.1, -0.05) is 42.3 Å². The fourth-order valence-corrected chi connectivity index (χ4v) is 5.04. The van der Waals surface area contributed by atoms with E-state index in [0.717, 1.165) is 18.7 Å². The minimum absolute atomic E-state index is 0.227. The van der Waals surface area contributed by atoms with Gasteiger partial charge >= 0.3 is 0 Å². The number of tetrazole rings is 1. The first-order valence-corrected chi connectivity index (χ1v) is 10.5. The highest BCUT2D eigenvalue weighted by molar-refractivity contribution is 7.99. The molecule has 2 aromatic rings. The highest BCUT2D eigenvalue weighted by Crippen LogP contribution is 2.35. The van der Waals surface area contributed by atoms with Crippen molar-refractivity contribution < 1.29 is 4.79 Å². The summed E-state index contributed by atoms with van der Waals surface area (Å²) < 4.78 is 1.71. The van der Waals surface area contributed by atoms with E-state index in [4.69, 9.17) is 0 Å². The second-order valence-corrected chi connectivity index (χ2v) is 8.28. The largest absolute Gasteiger partial charge is 0.339 e. The summed E-state index contributed by atoms with van der Waals surface area (Å²) in [6, 6.07) is 8.52. The minimum Gasteiger partial charge on any atom is -0.339 e. The summed E-state index contributed by atoms with van der Waals surface area (Å²) in [5.41, 5.74) is 2.11. The maximum atomic E-state index is 12.9. The van der Waals surface area contributed by atoms with Crippen LogP contribution in [0.15, 0.2) is 29.4 Å². The highest BCUT2D eigenvalue weighted by Gasteiger charge is 2.35. The Morgan fingerprint density at radius 3 is 2.77 bits per heavy atom. The number of nitrogens with zero attached hydrogens (tertiary/aromatic N) is 5. The maximum absolute atomic E-state index is 12.9. The Kier molecular flexibility index (Phi) is 5.24. The van der Waals surface area contributed by atoms with E-state index in [0.29, 0.717) is 22.9 Å². The number of benzene rings is 1. The van der Waals surface area contributed by atoms with Crippen LogP contribution in [0.4, 0.5) is 0 Å². The van der Waals surface area contributed by atoms with Gasteiger partial charge < -0.3 is 4.90 Å². The van der Waals surface area contributed by atoms with Crippen molar-refractivity contribution in [1.29, 1.82) is 0 Å². The number of likely N-dealkylation sites (tertiary alicyclic amines) is 1. The maximum Gasteiger partial charge on any atom is 0.233 e. The van der Waals surface area contributed by atoms with Crippen LogP contribution in [0.25, 0.3) is 5.69 Å². The van der Waals surface area contributed by atoms with Gasteiger partial charge in [-0.3, -0.25) is 4.79 Å². The van der Waals surface area contributed by atoms with E-state index in [2.05, 4.69) is 27.3 Å². The molecule has 1 saturated carbocycles. The number of hydrogen-bond donors (Lipinski definition) is 0. The molecule has 1 aromatic heterocycles. The third kappa shape index (κ3) is 3.63. The zero-order chi connectivity index (χ0) is 17.9. The van der Waals surface area contributed by atoms with Crippen molar-refractivity contribution in [1.82, 2.24) is 25.1 Å². The minimum atomic E-state index is 0.227. The van der Waals surface area contributed by atoms with E-state index in [1.165, 1.54) is 49.4 Å². The van der Waals surface area contributed by atoms with Crippen LogP contribution in [0.2, 0.25) is 0 Å². The van der Waals surface area contributed by atoms with Crippen LogP contribution in [0.3, 0.4) is 0 Å². The van der Waals surface area contributed by atoms with Crippen LogP contribution in [0.1, 0.15) is 44.1 Å². The number of aromatic nitrogens is 4. The van der Waals surface area contributed by atoms with E-state index < -0.39 is 0 Å². The smallest absolute Gasteiger partial charge is 0.233 e. The van der Waals surface area contributed by atoms with Gasteiger partial charge in [0.1, 0.15) is 0 Å². The van der Waals surface area contributed by atoms with Gasteiger partial charge in [-0.15, -0.1) is 5.10 Å². The molecule has 2 aliphatic rings. The van der Waals surface area contributed by atoms with Crippen LogP contribution in [0, 0.1) is 12.8 Å². The fraction of sp³-hybridized carbons (Fsp3) is 0.579. The van der Waals surface area contributed by atoms with E-state index >= 15 is 0 Å². The SMILES string of the molecule is Cc1ccc(-n2nnnc2SCC(=O)N2CCC[C@@H]3CCCC[C@@H]32)cc1. The normalized spacial score (nSPS) is 22.9. The Hall–Kier alpha value is -1.89. The number of thioether (sulfide) groups is 1. The Labute approximate surface area is 158 Å². The molecular weight excluding hydrogens is 346 g/mol. The standard InChI is InChI=1S/C19H25N5OS/c1-14-8-10-16(11-9-14)24-19(20-21-22-24)26-13-18(25)23-12-4-6-15-5-2-3-7-17(15)23/h8-11,15,17H,2-7,12-13H2,1H3/t15-,17-/m0/s1. The molecule has 0 unspecified atom stereocenters. The monoisotopic (exact) mass is 371 g/mol. The molecule has 138 valence electrons. The predicted molar refractivity (Wildman–Crippen MR) is 101 cm³/mol. The molecule has 0 radical (unpaired) electrons. The molecular formula is C19H25N5OS. The average molecular weight is 372 g/mol. The Morgan fingerprint density at radius 2 is 1.92 bits per heavy atom. The van der Waals surface area contributed by atoms with Crippen LogP contribution in [-0.2, 0) is 4.79 Å². The quantitative estimate of drug-likeness (QED) is 0.772. The first-order chi connectivity index (χ1) is 12.7. The van der Waals surface area contributed by atoms with Gasteiger partial charge in [0.2, 0.25) is 11.1 Å². The van der Waals surface area contributed by atoms with Crippen LogP contribution in [-0.4, -0.2) is 49.4 Å². The topological polar surface area (TPSA) is 63.9 Å². The number of piperidine rings is 1. The molecule has 1 aromatic carbocycles. The van der Waals surface area contributed by atoms with Gasteiger partial charge in [0.15, 0.2) is 0 Å². The predicted octanol–water partition coefficient (Wildman–Crippen LogP) is 3.24. The number of carbonyl (C=O) groups is 1. The van der Waals surface area contributed by atoms with Crippen molar-refractivity contribution in [2.75, 3.05) is 12.3 Å². The number of rotatable bonds is 4. The molecule has 2 fully saturated rings. The van der Waals surface area contributed by atoms with Crippen LogP contribution in [0.5, 0.6) is 0 Å². The summed E-state index contributed by atoms with van der Waals surface area (Å²) in [7, 11) is 0. The van der Waals surface area contributed by atoms with Gasteiger partial charge in [-0.2, -0.15) is 4.68 Å². The molecule has 26 heavy (non-hydrogen) atoms. The van der Waals surface area contributed by atoms with Gasteiger partial charge in [0.25, 0.3) is 0 Å². The van der Waals surface area contributed by atoms with Crippen LogP contribution < -0.4 is 0 Å². The molecule has 2 heterocycles. The van der Waals surface area contributed by atoms with E-state index in [9.17, 15) is 4.79 Å². The lowest BCUT2D eigenvalue weighted by atomic mass is 9.78. The number of aryl methyl sites for hydroxylation is 1. The van der Waals surface area contributed by atoms with Crippen molar-refractivity contribution in [3.63, 3.8) is 0 Å². The summed E-state index contributed by atoms with van der Waals surface area (Å²) in [5.74, 6) is 1.34. The van der Waals surface area contributed by atoms with Crippen molar-refractivity contribution in [3.05, 3.63) is 29.8 Å². The molecule has 7 heteroatoms. The summed E-state index contributed by atoms with van der Waals surface area (Å²) >= 11 is 1.43. The van der Waals surface area contributed by atoms with Gasteiger partial charge in [-0.05, 0) is 61.1 Å². The third-order valence-corrected chi connectivity index (χ3v) is 6.51. The van der Waals surface area contributed by atoms with Crippen molar-refractivity contribution in [3.8, 4) is 5.69 Å². The first-order valence-electron chi connectivity index (χ1n) is 9.50. The Morgan fingerprint density at radius 1 is 1.15 bits per heavy atom. The second kappa shape index (κ2) is 7.78. The first kappa shape index (κ1) is 17.5. The summed E-state index contributed by atoms with van der Waals surface area (Å²) in [6.45, 7) is 2.96. The lowest BCUT2D eigenvalue weighted by Crippen LogP contribution is -2.50. The molecule has 2 atom stereocenters. The lowest BCUT2D eigenvalue weighted by Gasteiger charge is -2.44. The molecule has 0 spiro atoms. The Balaban J connectivity index is 1.42. The summed E-state index contributed by atoms with van der Waals surface area (Å²) in [4.78, 5) is 15.0. The average Bonchev–Trinajstić information content (AvgIpc) is 3.15. The number of hydrogen-bond acceptors (Lipinski definition) is 5. The van der Waals surface area contributed by atoms with Crippen molar-refractivity contribution in [2.45, 2.75) is 56.6 Å². The number of fused-ring (bicyclic) bond motifs is 1. The second-order valence-electron chi connectivity index (χ2n) is 7.34. The van der Waals surface area contributed by atoms with Gasteiger partial charge in [0, 0.05) is 12.6 Å². The molecule has 6 nitrogen and oxygen atoms in total. The molecule has 1 saturated heterocycles. The third-order valence-electron chi connectivity index (χ3n) is 5.61. The summed E-state index contributed by atoms with van der Waals surface area (Å²) in [6.07, 6.45) is 7.45. The molecule has 4 rings (SSSR count). The lowest BCUT2D eigenvalue weighted by molar-refractivity contribution is -0.134. The zero-order valence-corrected chi connectivity index (χ0v) is 16.0. The van der Waals surface area contributed by atoms with E-state index in [1.807, 2.05) is 24.3 Å². The molecule has 1 amide bonds. The highest BCUT2D eigenvalue weighted by atomic mass is 32.2. The Bertz CT molecular complexity index is 758. The van der Waals surface area contributed by atoms with Crippen LogP contribution >= 0.6 is 11.8 Å². The zero-order valence-electron chi connectivity index (χ0n) is 15.2. The molecule has 0 bridgehead atoms. The van der Waals surface area contributed by atoms with E-state index in [-0.39, 0.29) is 5.91 Å². The molecule has 0 N–H and O–H groups in total. The molecule has 1 aliphatic heterocycles. The number of carbonyl (C=O) groups excluding carboxylic acids is 1. The fourth-order valence-electron chi connectivity index (χ4n) is 4.26. The number of amides is 1. The van der Waals surface area contributed by atoms with Crippen molar-refractivity contribution >= 4 is 17.7 Å². The van der Waals surface area contributed by atoms with Gasteiger partial charge in [0.05, 0.1) is 11.4 Å². The van der Waals surface area contributed by atoms with Crippen molar-refractivity contribution in [2.24, 2.45) is 5.92 Å². The van der Waals surface area contributed by atoms with Gasteiger partial charge in [-0.25, -0.2) is 0 Å². The summed E-state index contributed by atoms with van der Waals surface area (Å²) in [5, 5.41) is 12.6. The molecule has 1 aliphatic carbocycles. The van der Waals surface area contributed by atoms with E-state index in [1.54, 1.807) is 4.68 Å².